The van der Waals surface area contributed by atoms with E-state index in [2.05, 4.69) is 15.9 Å². The van der Waals surface area contributed by atoms with E-state index in [1.54, 1.807) is 6.20 Å². The summed E-state index contributed by atoms with van der Waals surface area (Å²) >= 11 is 3.40. The largest absolute Gasteiger partial charge is 0.480 e. The van der Waals surface area contributed by atoms with Crippen molar-refractivity contribution in [1.82, 2.24) is 4.57 Å². The van der Waals surface area contributed by atoms with Crippen LogP contribution in [0.2, 0.25) is 0 Å². The van der Waals surface area contributed by atoms with Gasteiger partial charge in [0.2, 0.25) is 0 Å². The Balaban J connectivity index is 1.90. The molecule has 126 valence electrons. The fourth-order valence-corrected chi connectivity index (χ4v) is 3.11. The minimum atomic E-state index is -1.46. The van der Waals surface area contributed by atoms with Gasteiger partial charge in [-0.2, -0.15) is 0 Å². The van der Waals surface area contributed by atoms with Gasteiger partial charge in [0.1, 0.15) is 24.1 Å². The van der Waals surface area contributed by atoms with Crippen molar-refractivity contribution in [2.45, 2.75) is 30.7 Å². The Bertz CT molecular complexity index is 705. The van der Waals surface area contributed by atoms with Gasteiger partial charge in [-0.3, -0.25) is 0 Å². The van der Waals surface area contributed by atoms with E-state index in [9.17, 15) is 15.3 Å². The highest BCUT2D eigenvalue weighted by molar-refractivity contribution is 9.10. The minimum Gasteiger partial charge on any atom is -0.480 e. The average Bonchev–Trinajstić information content (AvgIpc) is 2.83. The number of hydrogen-bond acceptors (Lipinski definition) is 6. The van der Waals surface area contributed by atoms with E-state index in [0.717, 1.165) is 15.4 Å². The lowest BCUT2D eigenvalue weighted by Crippen LogP contribution is -2.60. The summed E-state index contributed by atoms with van der Waals surface area (Å²) in [4.78, 5) is 0. The molecular weight excluding hydrogens is 370 g/mol. The predicted molar refractivity (Wildman–Crippen MR) is 85.0 cm³/mol. The molecule has 0 radical (unpaired) electrons. The van der Waals surface area contributed by atoms with Crippen LogP contribution in [-0.4, -0.2) is 62.3 Å². The molecule has 1 fully saturated rings. The van der Waals surface area contributed by atoms with Gasteiger partial charge >= 0.3 is 0 Å². The summed E-state index contributed by atoms with van der Waals surface area (Å²) in [6.45, 7) is -0.510. The standard InChI is InChI=1S/C15H18BrNO6/c1-17-5-10(8-3-2-7(16)4-9(8)17)22-14-13(20)12(19)11(6-18)23-15(14)21/h2-5,11-15,18-21H,6H2,1H3/t11-,12+,13+,14-,15-/m1/s1. The molecule has 4 N–H and O–H groups in total. The van der Waals surface area contributed by atoms with Crippen molar-refractivity contribution in [3.8, 4) is 5.75 Å². The molecule has 1 saturated heterocycles. The summed E-state index contributed by atoms with van der Waals surface area (Å²) in [6.07, 6.45) is -4.69. The third kappa shape index (κ3) is 2.98. The van der Waals surface area contributed by atoms with E-state index in [0.29, 0.717) is 5.75 Å². The summed E-state index contributed by atoms with van der Waals surface area (Å²) in [7, 11) is 1.85. The number of benzene rings is 1. The van der Waals surface area contributed by atoms with Crippen molar-refractivity contribution < 1.29 is 29.9 Å². The highest BCUT2D eigenvalue weighted by Gasteiger charge is 2.45. The predicted octanol–water partition coefficient (Wildman–Crippen LogP) is 0.120. The molecule has 7 nitrogen and oxygen atoms in total. The quantitative estimate of drug-likeness (QED) is 0.596. The molecule has 8 heteroatoms. The Labute approximate surface area is 140 Å². The first kappa shape index (κ1) is 16.7. The molecule has 0 spiro atoms. The van der Waals surface area contributed by atoms with Crippen molar-refractivity contribution in [1.29, 1.82) is 0 Å². The second-order valence-corrected chi connectivity index (χ2v) is 6.49. The first-order valence-corrected chi connectivity index (χ1v) is 7.93. The highest BCUT2D eigenvalue weighted by atomic mass is 79.9. The smallest absolute Gasteiger partial charge is 0.195 e. The number of ether oxygens (including phenoxy) is 2. The zero-order chi connectivity index (χ0) is 16.7. The molecular formula is C15H18BrNO6. The van der Waals surface area contributed by atoms with Crippen molar-refractivity contribution in [2.75, 3.05) is 6.61 Å². The number of nitrogens with zero attached hydrogens (tertiary/aromatic N) is 1. The zero-order valence-electron chi connectivity index (χ0n) is 12.3. The molecule has 0 unspecified atom stereocenters. The van der Waals surface area contributed by atoms with Crippen LogP contribution in [0.4, 0.5) is 0 Å². The lowest BCUT2D eigenvalue weighted by Gasteiger charge is -2.39. The first-order chi connectivity index (χ1) is 10.9. The van der Waals surface area contributed by atoms with Crippen LogP contribution in [0, 0.1) is 0 Å². The van der Waals surface area contributed by atoms with Gasteiger partial charge in [0.25, 0.3) is 0 Å². The number of aliphatic hydroxyl groups is 4. The monoisotopic (exact) mass is 387 g/mol. The number of hydrogen-bond donors (Lipinski definition) is 4. The Morgan fingerprint density at radius 3 is 2.70 bits per heavy atom. The molecule has 0 aliphatic carbocycles. The Hall–Kier alpha value is -1.16. The average molecular weight is 388 g/mol. The molecule has 2 aromatic rings. The number of halogens is 1. The molecule has 1 aromatic heterocycles. The van der Waals surface area contributed by atoms with Gasteiger partial charge in [0.05, 0.1) is 12.1 Å². The number of aromatic nitrogens is 1. The molecule has 23 heavy (non-hydrogen) atoms. The number of fused-ring (bicyclic) bond motifs is 1. The summed E-state index contributed by atoms with van der Waals surface area (Å²) in [5.41, 5.74) is 0.906. The lowest BCUT2D eigenvalue weighted by atomic mass is 9.99. The third-order valence-electron chi connectivity index (χ3n) is 4.02. The van der Waals surface area contributed by atoms with Gasteiger partial charge in [-0.05, 0) is 18.2 Å². The molecule has 1 aliphatic rings. The second-order valence-electron chi connectivity index (χ2n) is 5.58. The van der Waals surface area contributed by atoms with E-state index in [1.807, 2.05) is 29.8 Å². The zero-order valence-corrected chi connectivity index (χ0v) is 13.9. The SMILES string of the molecule is Cn1cc(O[C@@H]2[C@@H](O)[C@@H](O)[C@@H](CO)O[C@H]2O)c2ccc(Br)cc21. The molecule has 0 amide bonds. The maximum atomic E-state index is 10.2. The normalized spacial score (nSPS) is 31.5. The Kier molecular flexibility index (Phi) is 4.63. The topological polar surface area (TPSA) is 104 Å². The van der Waals surface area contributed by atoms with Gasteiger partial charge in [-0.15, -0.1) is 0 Å². The van der Waals surface area contributed by atoms with E-state index in [4.69, 9.17) is 14.6 Å². The molecule has 0 saturated carbocycles. The van der Waals surface area contributed by atoms with Crippen LogP contribution in [0.1, 0.15) is 0 Å². The molecule has 3 rings (SSSR count). The fourth-order valence-electron chi connectivity index (χ4n) is 2.76. The first-order valence-electron chi connectivity index (χ1n) is 7.14. The maximum absolute atomic E-state index is 10.2. The highest BCUT2D eigenvalue weighted by Crippen LogP contribution is 2.32. The van der Waals surface area contributed by atoms with Crippen molar-refractivity contribution in [2.24, 2.45) is 7.05 Å². The van der Waals surface area contributed by atoms with Gasteiger partial charge in [-0.25, -0.2) is 0 Å². The van der Waals surface area contributed by atoms with Gasteiger partial charge in [-0.1, -0.05) is 15.9 Å². The van der Waals surface area contributed by atoms with Crippen LogP contribution in [0.15, 0.2) is 28.9 Å². The second kappa shape index (κ2) is 6.39. The van der Waals surface area contributed by atoms with Gasteiger partial charge in [0.15, 0.2) is 12.4 Å². The minimum absolute atomic E-state index is 0.455. The van der Waals surface area contributed by atoms with E-state index < -0.39 is 37.3 Å². The van der Waals surface area contributed by atoms with Crippen LogP contribution in [0.25, 0.3) is 10.9 Å². The fraction of sp³-hybridized carbons (Fsp3) is 0.467. The lowest BCUT2D eigenvalue weighted by molar-refractivity contribution is -0.280. The molecule has 1 aliphatic heterocycles. The Morgan fingerprint density at radius 1 is 1.26 bits per heavy atom. The maximum Gasteiger partial charge on any atom is 0.195 e. The molecule has 0 bridgehead atoms. The van der Waals surface area contributed by atoms with Crippen LogP contribution >= 0.6 is 15.9 Å². The molecule has 5 atom stereocenters. The summed E-state index contributed by atoms with van der Waals surface area (Å²) in [6, 6.07) is 5.63. The van der Waals surface area contributed by atoms with Crippen LogP contribution < -0.4 is 4.74 Å². The molecule has 2 heterocycles. The van der Waals surface area contributed by atoms with E-state index in [1.165, 1.54) is 0 Å². The van der Waals surface area contributed by atoms with Crippen molar-refractivity contribution in [3.05, 3.63) is 28.9 Å². The summed E-state index contributed by atoms with van der Waals surface area (Å²) < 4.78 is 13.6. The number of aliphatic hydroxyl groups excluding tert-OH is 4. The number of rotatable bonds is 3. The summed E-state index contributed by atoms with van der Waals surface area (Å²) in [5, 5.41) is 40.0. The number of aryl methyl sites for hydroxylation is 1. The van der Waals surface area contributed by atoms with Gasteiger partial charge in [0, 0.05) is 23.1 Å². The third-order valence-corrected chi connectivity index (χ3v) is 4.52. The van der Waals surface area contributed by atoms with Crippen molar-refractivity contribution in [3.63, 3.8) is 0 Å². The van der Waals surface area contributed by atoms with Crippen LogP contribution in [0.5, 0.6) is 5.75 Å². The molecule has 1 aromatic carbocycles. The van der Waals surface area contributed by atoms with Gasteiger partial charge < -0.3 is 34.5 Å². The van der Waals surface area contributed by atoms with E-state index in [-0.39, 0.29) is 0 Å². The Morgan fingerprint density at radius 2 is 2.00 bits per heavy atom. The van der Waals surface area contributed by atoms with Crippen LogP contribution in [-0.2, 0) is 11.8 Å². The van der Waals surface area contributed by atoms with Crippen molar-refractivity contribution >= 4 is 26.8 Å². The van der Waals surface area contributed by atoms with E-state index >= 15 is 0 Å². The van der Waals surface area contributed by atoms with Crippen LogP contribution in [0.3, 0.4) is 0 Å². The summed E-state index contributed by atoms with van der Waals surface area (Å²) in [5.74, 6) is 0.455.